The quantitative estimate of drug-likeness (QED) is 0.836. The number of hydrogen-bond acceptors (Lipinski definition) is 3. The van der Waals surface area contributed by atoms with E-state index < -0.39 is 6.10 Å². The Bertz CT molecular complexity index is 507. The van der Waals surface area contributed by atoms with Crippen LogP contribution in [0.3, 0.4) is 0 Å². The van der Waals surface area contributed by atoms with Gasteiger partial charge in [-0.1, -0.05) is 31.7 Å². The number of nitrogens with zero attached hydrogens (tertiary/aromatic N) is 2. The normalized spacial score (nSPS) is 22.0. The van der Waals surface area contributed by atoms with Gasteiger partial charge in [0.1, 0.15) is 0 Å². The third-order valence-corrected chi connectivity index (χ3v) is 5.45. The summed E-state index contributed by atoms with van der Waals surface area (Å²) in [6.07, 6.45) is 10.1. The molecule has 132 valence electrons. The van der Waals surface area contributed by atoms with E-state index in [1.165, 1.54) is 25.7 Å². The minimum absolute atomic E-state index is 0.0766. The van der Waals surface area contributed by atoms with E-state index in [1.54, 1.807) is 6.20 Å². The Morgan fingerprint density at radius 3 is 2.46 bits per heavy atom. The molecule has 2 amide bonds. The van der Waals surface area contributed by atoms with E-state index in [0.29, 0.717) is 19.1 Å². The van der Waals surface area contributed by atoms with Gasteiger partial charge in [0.05, 0.1) is 11.8 Å². The first-order valence-corrected chi connectivity index (χ1v) is 9.38. The average Bonchev–Trinajstić information content (AvgIpc) is 2.90. The highest BCUT2D eigenvalue weighted by Crippen LogP contribution is 2.29. The Kier molecular flexibility index (Phi) is 6.07. The van der Waals surface area contributed by atoms with E-state index in [0.717, 1.165) is 31.4 Å². The van der Waals surface area contributed by atoms with Crippen LogP contribution in [0.15, 0.2) is 24.4 Å². The number of pyridine rings is 1. The third-order valence-electron chi connectivity index (χ3n) is 5.45. The highest BCUT2D eigenvalue weighted by molar-refractivity contribution is 5.74. The van der Waals surface area contributed by atoms with Crippen molar-refractivity contribution in [3.8, 4) is 0 Å². The number of carbonyl (C=O) groups excluding carboxylic acids is 1. The molecule has 0 aromatic carbocycles. The van der Waals surface area contributed by atoms with Crippen molar-refractivity contribution in [2.24, 2.45) is 5.92 Å². The van der Waals surface area contributed by atoms with Crippen molar-refractivity contribution in [1.29, 1.82) is 0 Å². The number of aromatic nitrogens is 1. The minimum Gasteiger partial charge on any atom is -0.387 e. The number of amides is 2. The van der Waals surface area contributed by atoms with Gasteiger partial charge in [0.25, 0.3) is 0 Å². The number of aliphatic hydroxyl groups is 1. The molecule has 5 nitrogen and oxygen atoms in total. The molecule has 1 saturated carbocycles. The van der Waals surface area contributed by atoms with E-state index in [-0.39, 0.29) is 11.9 Å². The maximum atomic E-state index is 12.5. The molecule has 1 aliphatic carbocycles. The van der Waals surface area contributed by atoms with Crippen LogP contribution in [0.5, 0.6) is 0 Å². The molecule has 1 atom stereocenters. The van der Waals surface area contributed by atoms with Crippen molar-refractivity contribution in [2.75, 3.05) is 13.1 Å². The molecular weight excluding hydrogens is 302 g/mol. The van der Waals surface area contributed by atoms with Gasteiger partial charge in [-0.05, 0) is 43.7 Å². The van der Waals surface area contributed by atoms with Crippen molar-refractivity contribution < 1.29 is 9.90 Å². The molecule has 1 saturated heterocycles. The monoisotopic (exact) mass is 331 g/mol. The van der Waals surface area contributed by atoms with Crippen LogP contribution in [0.25, 0.3) is 0 Å². The number of rotatable bonds is 3. The van der Waals surface area contributed by atoms with Crippen molar-refractivity contribution in [3.05, 3.63) is 30.1 Å². The number of carbonyl (C=O) groups is 1. The van der Waals surface area contributed by atoms with Gasteiger partial charge in [0.15, 0.2) is 0 Å². The third kappa shape index (κ3) is 4.47. The highest BCUT2D eigenvalue weighted by atomic mass is 16.3. The standard InChI is InChI=1S/C19H29N3O2/c23-18(17-9-5-6-12-20-17)15-10-13-22(14-11-15)19(24)21-16-7-3-1-2-4-8-16/h5-6,9,12,15-16,18,23H,1-4,7-8,10-11,13-14H2,(H,21,24). The van der Waals surface area contributed by atoms with Crippen LogP contribution in [0.2, 0.25) is 0 Å². The smallest absolute Gasteiger partial charge is 0.317 e. The summed E-state index contributed by atoms with van der Waals surface area (Å²) in [6, 6.07) is 6.05. The number of piperidine rings is 1. The van der Waals surface area contributed by atoms with E-state index in [2.05, 4.69) is 10.3 Å². The summed E-state index contributed by atoms with van der Waals surface area (Å²) in [7, 11) is 0. The molecule has 0 radical (unpaired) electrons. The zero-order chi connectivity index (χ0) is 16.8. The van der Waals surface area contributed by atoms with Crippen LogP contribution in [0.4, 0.5) is 4.79 Å². The van der Waals surface area contributed by atoms with Crippen molar-refractivity contribution in [2.45, 2.75) is 63.5 Å². The largest absolute Gasteiger partial charge is 0.387 e. The second kappa shape index (κ2) is 8.47. The van der Waals surface area contributed by atoms with Crippen LogP contribution >= 0.6 is 0 Å². The molecule has 24 heavy (non-hydrogen) atoms. The summed E-state index contributed by atoms with van der Waals surface area (Å²) < 4.78 is 0. The molecule has 2 N–H and O–H groups in total. The van der Waals surface area contributed by atoms with Crippen LogP contribution in [-0.2, 0) is 0 Å². The molecule has 2 aliphatic rings. The Morgan fingerprint density at radius 2 is 1.83 bits per heavy atom. The van der Waals surface area contributed by atoms with Gasteiger partial charge in [0, 0.05) is 25.3 Å². The van der Waals surface area contributed by atoms with E-state index in [1.807, 2.05) is 23.1 Å². The summed E-state index contributed by atoms with van der Waals surface area (Å²) >= 11 is 0. The molecule has 1 aliphatic heterocycles. The lowest BCUT2D eigenvalue weighted by Crippen LogP contribution is -2.48. The van der Waals surface area contributed by atoms with Gasteiger partial charge < -0.3 is 15.3 Å². The average molecular weight is 331 g/mol. The van der Waals surface area contributed by atoms with Crippen molar-refractivity contribution in [3.63, 3.8) is 0 Å². The highest BCUT2D eigenvalue weighted by Gasteiger charge is 2.29. The lowest BCUT2D eigenvalue weighted by Gasteiger charge is -2.35. The SMILES string of the molecule is O=C(NC1CCCCCC1)N1CCC(C(O)c2ccccn2)CC1. The Hall–Kier alpha value is -1.62. The van der Waals surface area contributed by atoms with Crippen molar-refractivity contribution in [1.82, 2.24) is 15.2 Å². The zero-order valence-corrected chi connectivity index (χ0v) is 14.4. The van der Waals surface area contributed by atoms with E-state index >= 15 is 0 Å². The molecule has 1 aromatic rings. The number of likely N-dealkylation sites (tertiary alicyclic amines) is 1. The predicted molar refractivity (Wildman–Crippen MR) is 93.5 cm³/mol. The second-order valence-corrected chi connectivity index (χ2v) is 7.16. The summed E-state index contributed by atoms with van der Waals surface area (Å²) in [6.45, 7) is 1.43. The fourth-order valence-corrected chi connectivity index (χ4v) is 3.90. The molecule has 5 heteroatoms. The van der Waals surface area contributed by atoms with E-state index in [4.69, 9.17) is 0 Å². The van der Waals surface area contributed by atoms with E-state index in [9.17, 15) is 9.90 Å². The fourth-order valence-electron chi connectivity index (χ4n) is 3.90. The van der Waals surface area contributed by atoms with Crippen LogP contribution in [0, 0.1) is 5.92 Å². The molecule has 1 aromatic heterocycles. The lowest BCUT2D eigenvalue weighted by molar-refractivity contribution is 0.0631. The summed E-state index contributed by atoms with van der Waals surface area (Å²) in [5.74, 6) is 0.182. The second-order valence-electron chi connectivity index (χ2n) is 7.16. The molecular formula is C19H29N3O2. The fraction of sp³-hybridized carbons (Fsp3) is 0.684. The Labute approximate surface area is 144 Å². The Balaban J connectivity index is 1.46. The van der Waals surface area contributed by atoms with Gasteiger partial charge in [0.2, 0.25) is 0 Å². The Morgan fingerprint density at radius 1 is 1.12 bits per heavy atom. The minimum atomic E-state index is -0.529. The maximum absolute atomic E-state index is 12.5. The molecule has 1 unspecified atom stereocenters. The number of aliphatic hydroxyl groups excluding tert-OH is 1. The van der Waals surface area contributed by atoms with Gasteiger partial charge in [-0.2, -0.15) is 0 Å². The van der Waals surface area contributed by atoms with Crippen LogP contribution < -0.4 is 5.32 Å². The molecule has 0 bridgehead atoms. The molecule has 2 heterocycles. The number of nitrogens with one attached hydrogen (secondary N) is 1. The topological polar surface area (TPSA) is 65.5 Å². The molecule has 3 rings (SSSR count). The van der Waals surface area contributed by atoms with Gasteiger partial charge >= 0.3 is 6.03 Å². The summed E-state index contributed by atoms with van der Waals surface area (Å²) in [5.41, 5.74) is 0.735. The number of hydrogen-bond donors (Lipinski definition) is 2. The van der Waals surface area contributed by atoms with Crippen molar-refractivity contribution >= 4 is 6.03 Å². The molecule has 0 spiro atoms. The van der Waals surface area contributed by atoms with Crippen LogP contribution in [-0.4, -0.2) is 40.2 Å². The van der Waals surface area contributed by atoms with Gasteiger partial charge in [-0.3, -0.25) is 4.98 Å². The maximum Gasteiger partial charge on any atom is 0.317 e. The number of urea groups is 1. The first-order valence-electron chi connectivity index (χ1n) is 9.38. The van der Waals surface area contributed by atoms with Gasteiger partial charge in [-0.15, -0.1) is 0 Å². The lowest BCUT2D eigenvalue weighted by atomic mass is 9.89. The first-order chi connectivity index (χ1) is 11.7. The molecule has 2 fully saturated rings. The summed E-state index contributed by atoms with van der Waals surface area (Å²) in [4.78, 5) is 18.6. The van der Waals surface area contributed by atoms with Crippen LogP contribution in [0.1, 0.15) is 63.2 Å². The van der Waals surface area contributed by atoms with Gasteiger partial charge in [-0.25, -0.2) is 4.79 Å². The first kappa shape index (κ1) is 17.2. The predicted octanol–water partition coefficient (Wildman–Crippen LogP) is 3.26. The zero-order valence-electron chi connectivity index (χ0n) is 14.4. The summed E-state index contributed by atoms with van der Waals surface area (Å²) in [5, 5.41) is 13.7.